The maximum atomic E-state index is 13.3. The van der Waals surface area contributed by atoms with Crippen LogP contribution in [0.4, 0.5) is 0 Å². The molecule has 32 heavy (non-hydrogen) atoms. The highest BCUT2D eigenvalue weighted by atomic mass is 79.9. The summed E-state index contributed by atoms with van der Waals surface area (Å²) in [7, 11) is 3.10. The van der Waals surface area contributed by atoms with Crippen molar-refractivity contribution in [2.45, 2.75) is 26.2 Å². The smallest absolute Gasteiger partial charge is 0.282 e. The first-order valence-electron chi connectivity index (χ1n) is 10.2. The van der Waals surface area contributed by atoms with Crippen molar-refractivity contribution in [1.29, 1.82) is 0 Å². The van der Waals surface area contributed by atoms with E-state index < -0.39 is 0 Å². The largest absolute Gasteiger partial charge is 0.493 e. The molecule has 0 unspecified atom stereocenters. The Labute approximate surface area is 195 Å². The zero-order chi connectivity index (χ0) is 23.3. The van der Waals surface area contributed by atoms with Crippen LogP contribution in [0.3, 0.4) is 0 Å². The van der Waals surface area contributed by atoms with Crippen LogP contribution in [0.5, 0.6) is 17.2 Å². The van der Waals surface area contributed by atoms with E-state index in [9.17, 15) is 4.79 Å². The molecule has 0 aliphatic carbocycles. The van der Waals surface area contributed by atoms with Crippen molar-refractivity contribution in [2.24, 2.45) is 5.10 Å². The Kier molecular flexibility index (Phi) is 7.69. The maximum Gasteiger partial charge on any atom is 0.282 e. The Morgan fingerprint density at radius 1 is 1.22 bits per heavy atom. The lowest BCUT2D eigenvalue weighted by Gasteiger charge is -2.15. The molecule has 2 aromatic carbocycles. The summed E-state index contributed by atoms with van der Waals surface area (Å²) in [5.41, 5.74) is 1.10. The standard InChI is InChI=1S/C24H26BrN3O4/c1-6-10-32-22-20(30-4)11-16(12-21(22)31-5)14-26-28-23(15(3)7-2)27-19-9-8-17(25)13-18(19)24(28)29/h6,8-9,11-15H,1,7,10H2,2-5H3/t15-/m1/s1. The fourth-order valence-electron chi connectivity index (χ4n) is 3.16. The van der Waals surface area contributed by atoms with Crippen molar-refractivity contribution in [1.82, 2.24) is 9.66 Å². The second kappa shape index (κ2) is 10.5. The predicted molar refractivity (Wildman–Crippen MR) is 131 cm³/mol. The molecule has 3 aromatic rings. The lowest BCUT2D eigenvalue weighted by Crippen LogP contribution is -2.23. The predicted octanol–water partition coefficient (Wildman–Crippen LogP) is 5.14. The van der Waals surface area contributed by atoms with Crippen LogP contribution in [0, 0.1) is 0 Å². The fourth-order valence-corrected chi connectivity index (χ4v) is 3.52. The fraction of sp³-hybridized carbons (Fsp3) is 0.292. The SMILES string of the molecule is C=CCOc1c(OC)cc(C=Nn2c([C@H](C)CC)nc3ccc(Br)cc3c2=O)cc1OC. The number of hydrogen-bond acceptors (Lipinski definition) is 6. The van der Waals surface area contributed by atoms with Gasteiger partial charge in [-0.1, -0.05) is 42.4 Å². The Hall–Kier alpha value is -3.13. The van der Waals surface area contributed by atoms with Crippen LogP contribution in [-0.2, 0) is 0 Å². The summed E-state index contributed by atoms with van der Waals surface area (Å²) >= 11 is 3.42. The summed E-state index contributed by atoms with van der Waals surface area (Å²) in [5.74, 6) is 2.10. The maximum absolute atomic E-state index is 13.3. The van der Waals surface area contributed by atoms with Crippen molar-refractivity contribution in [3.63, 3.8) is 0 Å². The number of fused-ring (bicyclic) bond motifs is 1. The lowest BCUT2D eigenvalue weighted by molar-refractivity contribution is 0.301. The summed E-state index contributed by atoms with van der Waals surface area (Å²) in [6.07, 6.45) is 4.05. The number of aromatic nitrogens is 2. The monoisotopic (exact) mass is 499 g/mol. The molecule has 7 nitrogen and oxygen atoms in total. The summed E-state index contributed by atoms with van der Waals surface area (Å²) < 4.78 is 18.8. The molecule has 0 bridgehead atoms. The molecule has 168 valence electrons. The van der Waals surface area contributed by atoms with Gasteiger partial charge in [0.1, 0.15) is 12.4 Å². The van der Waals surface area contributed by atoms with Crippen LogP contribution in [0.1, 0.15) is 37.6 Å². The Bertz CT molecular complexity index is 1190. The molecule has 0 fully saturated rings. The molecule has 1 aromatic heterocycles. The van der Waals surface area contributed by atoms with Gasteiger partial charge >= 0.3 is 0 Å². The van der Waals surface area contributed by atoms with Gasteiger partial charge in [0.2, 0.25) is 5.75 Å². The first-order chi connectivity index (χ1) is 15.4. The molecule has 0 saturated carbocycles. The molecule has 0 N–H and O–H groups in total. The zero-order valence-corrected chi connectivity index (χ0v) is 20.2. The molecule has 1 atom stereocenters. The quantitative estimate of drug-likeness (QED) is 0.301. The number of ether oxygens (including phenoxy) is 3. The lowest BCUT2D eigenvalue weighted by atomic mass is 10.1. The summed E-state index contributed by atoms with van der Waals surface area (Å²) in [6.45, 7) is 8.05. The number of rotatable bonds is 9. The molecule has 3 rings (SSSR count). The van der Waals surface area contributed by atoms with Gasteiger partial charge in [0.05, 0.1) is 31.3 Å². The van der Waals surface area contributed by atoms with Gasteiger partial charge in [-0.2, -0.15) is 9.78 Å². The van der Waals surface area contributed by atoms with Crippen molar-refractivity contribution in [2.75, 3.05) is 20.8 Å². The number of hydrogen-bond donors (Lipinski definition) is 0. The van der Waals surface area contributed by atoms with Gasteiger partial charge in [-0.25, -0.2) is 4.98 Å². The molecular weight excluding hydrogens is 474 g/mol. The van der Waals surface area contributed by atoms with Gasteiger partial charge in [-0.05, 0) is 36.8 Å². The highest BCUT2D eigenvalue weighted by molar-refractivity contribution is 9.10. The number of halogens is 1. The van der Waals surface area contributed by atoms with Crippen LogP contribution >= 0.6 is 15.9 Å². The molecule has 0 spiro atoms. The second-order valence-electron chi connectivity index (χ2n) is 7.16. The van der Waals surface area contributed by atoms with Gasteiger partial charge in [-0.3, -0.25) is 4.79 Å². The topological polar surface area (TPSA) is 74.9 Å². The third-order valence-corrected chi connectivity index (χ3v) is 5.53. The van der Waals surface area contributed by atoms with E-state index >= 15 is 0 Å². The van der Waals surface area contributed by atoms with Crippen LogP contribution in [0.25, 0.3) is 10.9 Å². The van der Waals surface area contributed by atoms with E-state index in [4.69, 9.17) is 19.2 Å². The number of methoxy groups -OCH3 is 2. The average molecular weight is 500 g/mol. The van der Waals surface area contributed by atoms with E-state index in [1.54, 1.807) is 44.7 Å². The highest BCUT2D eigenvalue weighted by Crippen LogP contribution is 2.38. The van der Waals surface area contributed by atoms with Crippen molar-refractivity contribution in [3.8, 4) is 17.2 Å². The Morgan fingerprint density at radius 3 is 2.50 bits per heavy atom. The number of benzene rings is 2. The first-order valence-corrected chi connectivity index (χ1v) is 11.0. The third-order valence-electron chi connectivity index (χ3n) is 5.04. The Balaban J connectivity index is 2.14. The molecule has 8 heteroatoms. The van der Waals surface area contributed by atoms with E-state index in [2.05, 4.69) is 27.6 Å². The minimum Gasteiger partial charge on any atom is -0.493 e. The van der Waals surface area contributed by atoms with Crippen LogP contribution < -0.4 is 19.8 Å². The number of nitrogens with zero attached hydrogens (tertiary/aromatic N) is 3. The normalized spacial score (nSPS) is 12.2. The van der Waals surface area contributed by atoms with Crippen molar-refractivity contribution >= 4 is 33.0 Å². The minimum absolute atomic E-state index is 0.0478. The molecular formula is C24H26BrN3O4. The van der Waals surface area contributed by atoms with Crippen molar-refractivity contribution in [3.05, 3.63) is 69.2 Å². The van der Waals surface area contributed by atoms with Gasteiger partial charge in [0, 0.05) is 16.0 Å². The first kappa shape index (κ1) is 23.5. The molecule has 0 aliphatic rings. The van der Waals surface area contributed by atoms with E-state index in [0.29, 0.717) is 46.1 Å². The molecule has 0 radical (unpaired) electrons. The summed E-state index contributed by atoms with van der Waals surface area (Å²) in [6, 6.07) is 9.00. The molecule has 0 aliphatic heterocycles. The molecule has 0 amide bonds. The average Bonchev–Trinajstić information content (AvgIpc) is 2.81. The van der Waals surface area contributed by atoms with E-state index in [1.807, 2.05) is 26.0 Å². The van der Waals surface area contributed by atoms with Crippen LogP contribution in [0.15, 0.2) is 57.4 Å². The summed E-state index contributed by atoms with van der Waals surface area (Å²) in [5, 5.41) is 4.99. The van der Waals surface area contributed by atoms with E-state index in [1.165, 1.54) is 4.68 Å². The van der Waals surface area contributed by atoms with Gasteiger partial charge in [-0.15, -0.1) is 0 Å². The third kappa shape index (κ3) is 4.85. The van der Waals surface area contributed by atoms with Gasteiger partial charge in [0.25, 0.3) is 5.56 Å². The Morgan fingerprint density at radius 2 is 1.91 bits per heavy atom. The summed E-state index contributed by atoms with van der Waals surface area (Å²) in [4.78, 5) is 18.0. The second-order valence-corrected chi connectivity index (χ2v) is 8.07. The van der Waals surface area contributed by atoms with Gasteiger partial charge in [0.15, 0.2) is 11.5 Å². The molecule has 1 heterocycles. The van der Waals surface area contributed by atoms with Gasteiger partial charge < -0.3 is 14.2 Å². The van der Waals surface area contributed by atoms with E-state index in [-0.39, 0.29) is 11.5 Å². The van der Waals surface area contributed by atoms with Crippen molar-refractivity contribution < 1.29 is 14.2 Å². The minimum atomic E-state index is -0.229. The van der Waals surface area contributed by atoms with Crippen LogP contribution in [-0.4, -0.2) is 36.7 Å². The van der Waals surface area contributed by atoms with E-state index in [0.717, 1.165) is 10.9 Å². The zero-order valence-electron chi connectivity index (χ0n) is 18.6. The molecule has 0 saturated heterocycles. The highest BCUT2D eigenvalue weighted by Gasteiger charge is 2.17. The van der Waals surface area contributed by atoms with Crippen LogP contribution in [0.2, 0.25) is 0 Å².